The molecule has 1 aromatic carbocycles. The summed E-state index contributed by atoms with van der Waals surface area (Å²) in [5.74, 6) is 1.87. The molecule has 1 aliphatic rings. The summed E-state index contributed by atoms with van der Waals surface area (Å²) in [4.78, 5) is 4.41. The van der Waals surface area contributed by atoms with Crippen LogP contribution in [0, 0.1) is 5.92 Å². The van der Waals surface area contributed by atoms with Crippen LogP contribution in [0.2, 0.25) is 0 Å². The molecular weight excluding hydrogens is 176 g/mol. The number of benzene rings is 1. The number of rotatable bonds is 2. The van der Waals surface area contributed by atoms with Crippen LogP contribution in [0.4, 0.5) is 0 Å². The Hall–Kier alpha value is -1.02. The quantitative estimate of drug-likeness (QED) is 0.574. The summed E-state index contributed by atoms with van der Waals surface area (Å²) in [6, 6.07) is 7.76. The minimum absolute atomic E-state index is 0.554. The Morgan fingerprint density at radius 1 is 1.29 bits per heavy atom. The predicted molar refractivity (Wildman–Crippen MR) is 55.5 cm³/mol. The van der Waals surface area contributed by atoms with E-state index < -0.39 is 0 Å². The highest BCUT2D eigenvalue weighted by atomic mass is 17.1. The maximum atomic E-state index is 8.77. The van der Waals surface area contributed by atoms with Crippen molar-refractivity contribution in [1.29, 1.82) is 0 Å². The third-order valence-corrected chi connectivity index (χ3v) is 3.28. The molecule has 1 aliphatic carbocycles. The molecule has 2 rings (SSSR count). The molecule has 1 fully saturated rings. The molecule has 0 bridgehead atoms. The Morgan fingerprint density at radius 2 is 2.07 bits per heavy atom. The van der Waals surface area contributed by atoms with E-state index in [2.05, 4.69) is 17.9 Å². The van der Waals surface area contributed by atoms with E-state index in [1.165, 1.54) is 19.3 Å². The van der Waals surface area contributed by atoms with Gasteiger partial charge in [0.05, 0.1) is 0 Å². The molecule has 1 N–H and O–H groups in total. The van der Waals surface area contributed by atoms with E-state index in [0.717, 1.165) is 5.56 Å². The second-order valence-corrected chi connectivity index (χ2v) is 4.14. The minimum Gasteiger partial charge on any atom is -0.340 e. The molecule has 0 saturated heterocycles. The van der Waals surface area contributed by atoms with E-state index >= 15 is 0 Å². The molecule has 1 saturated carbocycles. The zero-order chi connectivity index (χ0) is 9.97. The third-order valence-electron chi connectivity index (χ3n) is 3.28. The summed E-state index contributed by atoms with van der Waals surface area (Å²) >= 11 is 0. The lowest BCUT2D eigenvalue weighted by molar-refractivity contribution is -0.138. The van der Waals surface area contributed by atoms with Crippen LogP contribution in [-0.2, 0) is 0 Å². The summed E-state index contributed by atoms with van der Waals surface area (Å²) in [7, 11) is 0. The first kappa shape index (κ1) is 9.53. The molecule has 0 aliphatic heterocycles. The molecule has 1 aromatic rings. The van der Waals surface area contributed by atoms with E-state index in [1.54, 1.807) is 0 Å². The summed E-state index contributed by atoms with van der Waals surface area (Å²) in [5, 5.41) is 8.77. The normalized spacial score (nSPS) is 26.4. The molecule has 14 heavy (non-hydrogen) atoms. The van der Waals surface area contributed by atoms with Gasteiger partial charge in [-0.15, -0.1) is 0 Å². The molecule has 2 nitrogen and oxygen atoms in total. The van der Waals surface area contributed by atoms with Gasteiger partial charge in [0.2, 0.25) is 0 Å². The highest BCUT2D eigenvalue weighted by molar-refractivity contribution is 5.36. The first-order chi connectivity index (χ1) is 6.83. The van der Waals surface area contributed by atoms with E-state index in [9.17, 15) is 0 Å². The van der Waals surface area contributed by atoms with Crippen molar-refractivity contribution in [3.8, 4) is 5.75 Å². The summed E-state index contributed by atoms with van der Waals surface area (Å²) in [6.07, 6.45) is 3.78. The third kappa shape index (κ3) is 1.62. The van der Waals surface area contributed by atoms with E-state index in [4.69, 9.17) is 5.26 Å². The van der Waals surface area contributed by atoms with Crippen molar-refractivity contribution in [2.24, 2.45) is 5.92 Å². The Labute approximate surface area is 84.5 Å². The van der Waals surface area contributed by atoms with Gasteiger partial charge in [-0.3, -0.25) is 0 Å². The van der Waals surface area contributed by atoms with E-state index in [0.29, 0.717) is 17.6 Å². The topological polar surface area (TPSA) is 29.5 Å². The SMILES string of the molecule is CC1CCCC1c1ccccc1OO. The molecule has 2 atom stereocenters. The van der Waals surface area contributed by atoms with Crippen LogP contribution in [0.1, 0.15) is 37.7 Å². The van der Waals surface area contributed by atoms with E-state index in [1.807, 2.05) is 18.2 Å². The van der Waals surface area contributed by atoms with Crippen LogP contribution in [-0.4, -0.2) is 5.26 Å². The van der Waals surface area contributed by atoms with Gasteiger partial charge in [-0.2, -0.15) is 0 Å². The molecule has 76 valence electrons. The Bertz CT molecular complexity index is 309. The van der Waals surface area contributed by atoms with Crippen LogP contribution >= 0.6 is 0 Å². The molecule has 0 heterocycles. The zero-order valence-electron chi connectivity index (χ0n) is 8.44. The van der Waals surface area contributed by atoms with Crippen molar-refractivity contribution < 1.29 is 10.1 Å². The standard InChI is InChI=1S/C12H16O2/c1-9-5-4-7-10(9)11-6-2-3-8-12(11)14-13/h2-3,6,8-10,13H,4-5,7H2,1H3. The number of hydrogen-bond donors (Lipinski definition) is 1. The van der Waals surface area contributed by atoms with Crippen LogP contribution in [0.15, 0.2) is 24.3 Å². The molecule has 0 radical (unpaired) electrons. The fraction of sp³-hybridized carbons (Fsp3) is 0.500. The van der Waals surface area contributed by atoms with Gasteiger partial charge in [-0.25, -0.2) is 5.26 Å². The zero-order valence-corrected chi connectivity index (χ0v) is 8.44. The number of para-hydroxylation sites is 1. The average molecular weight is 192 g/mol. The predicted octanol–water partition coefficient (Wildman–Crippen LogP) is 3.44. The fourth-order valence-corrected chi connectivity index (χ4v) is 2.48. The molecule has 2 heteroatoms. The first-order valence-electron chi connectivity index (χ1n) is 5.23. The van der Waals surface area contributed by atoms with Crippen LogP contribution < -0.4 is 4.89 Å². The van der Waals surface area contributed by atoms with Crippen molar-refractivity contribution in [1.82, 2.24) is 0 Å². The largest absolute Gasteiger partial charge is 0.340 e. The first-order valence-corrected chi connectivity index (χ1v) is 5.23. The van der Waals surface area contributed by atoms with Crippen LogP contribution in [0.5, 0.6) is 5.75 Å². The highest BCUT2D eigenvalue weighted by Crippen LogP contribution is 2.42. The fourth-order valence-electron chi connectivity index (χ4n) is 2.48. The van der Waals surface area contributed by atoms with Crippen molar-refractivity contribution >= 4 is 0 Å². The Morgan fingerprint density at radius 3 is 2.71 bits per heavy atom. The Kier molecular flexibility index (Phi) is 2.73. The van der Waals surface area contributed by atoms with Crippen molar-refractivity contribution in [3.63, 3.8) is 0 Å². The Balaban J connectivity index is 2.30. The van der Waals surface area contributed by atoms with Gasteiger partial charge in [0.1, 0.15) is 0 Å². The highest BCUT2D eigenvalue weighted by Gasteiger charge is 2.27. The van der Waals surface area contributed by atoms with Crippen molar-refractivity contribution in [3.05, 3.63) is 29.8 Å². The minimum atomic E-state index is 0.554. The van der Waals surface area contributed by atoms with Crippen molar-refractivity contribution in [2.45, 2.75) is 32.1 Å². The maximum Gasteiger partial charge on any atom is 0.168 e. The van der Waals surface area contributed by atoms with Gasteiger partial charge < -0.3 is 4.89 Å². The van der Waals surface area contributed by atoms with Crippen molar-refractivity contribution in [2.75, 3.05) is 0 Å². The van der Waals surface area contributed by atoms with E-state index in [-0.39, 0.29) is 0 Å². The number of hydrogen-bond acceptors (Lipinski definition) is 2. The lowest BCUT2D eigenvalue weighted by Crippen LogP contribution is -2.04. The van der Waals surface area contributed by atoms with Gasteiger partial charge in [0, 0.05) is 5.56 Å². The molecular formula is C12H16O2. The summed E-state index contributed by atoms with van der Waals surface area (Å²) in [6.45, 7) is 2.27. The summed E-state index contributed by atoms with van der Waals surface area (Å²) in [5.41, 5.74) is 1.15. The maximum absolute atomic E-state index is 8.77. The molecule has 0 aromatic heterocycles. The average Bonchev–Trinajstić information content (AvgIpc) is 2.64. The van der Waals surface area contributed by atoms with Crippen LogP contribution in [0.3, 0.4) is 0 Å². The smallest absolute Gasteiger partial charge is 0.168 e. The monoisotopic (exact) mass is 192 g/mol. The van der Waals surface area contributed by atoms with Gasteiger partial charge >= 0.3 is 0 Å². The van der Waals surface area contributed by atoms with Gasteiger partial charge in [0.15, 0.2) is 5.75 Å². The van der Waals surface area contributed by atoms with Crippen LogP contribution in [0.25, 0.3) is 0 Å². The second-order valence-electron chi connectivity index (χ2n) is 4.14. The molecule has 0 amide bonds. The summed E-state index contributed by atoms with van der Waals surface area (Å²) < 4.78 is 0. The molecule has 2 unspecified atom stereocenters. The van der Waals surface area contributed by atoms with Gasteiger partial charge in [-0.05, 0) is 24.3 Å². The lowest BCUT2D eigenvalue weighted by Gasteiger charge is -2.17. The van der Waals surface area contributed by atoms with Gasteiger partial charge in [0.25, 0.3) is 0 Å². The van der Waals surface area contributed by atoms with Gasteiger partial charge in [-0.1, -0.05) is 38.0 Å². The lowest BCUT2D eigenvalue weighted by atomic mass is 9.90. The molecule has 0 spiro atoms. The second kappa shape index (κ2) is 4.01.